The van der Waals surface area contributed by atoms with Crippen LogP contribution < -0.4 is 0 Å². The third kappa shape index (κ3) is 78.0. The van der Waals surface area contributed by atoms with E-state index in [0.29, 0.717) is 25.7 Å². The predicted molar refractivity (Wildman–Crippen MR) is 423 cm³/mol. The molecule has 0 fully saturated rings. The first kappa shape index (κ1) is 101. The van der Waals surface area contributed by atoms with Crippen LogP contribution >= 0.6 is 15.6 Å². The molecule has 0 aromatic heterocycles. The van der Waals surface area contributed by atoms with Crippen molar-refractivity contribution in [1.29, 1.82) is 0 Å². The molecule has 0 saturated heterocycles. The van der Waals surface area contributed by atoms with Gasteiger partial charge in [0.15, 0.2) is 12.2 Å². The Kier molecular flexibility index (Phi) is 76.7. The minimum absolute atomic E-state index is 0.108. The lowest BCUT2D eigenvalue weighted by atomic mass is 10.0. The van der Waals surface area contributed by atoms with Crippen molar-refractivity contribution in [2.24, 2.45) is 0 Å². The van der Waals surface area contributed by atoms with Gasteiger partial charge in [-0.3, -0.25) is 37.3 Å². The monoisotopic (exact) mass is 1510 g/mol. The van der Waals surface area contributed by atoms with E-state index >= 15 is 0 Å². The Morgan fingerprint density at radius 3 is 0.573 bits per heavy atom. The average Bonchev–Trinajstić information content (AvgIpc) is 0.935. The van der Waals surface area contributed by atoms with E-state index in [4.69, 9.17) is 37.0 Å². The van der Waals surface area contributed by atoms with Crippen LogP contribution in [0.4, 0.5) is 0 Å². The van der Waals surface area contributed by atoms with Gasteiger partial charge >= 0.3 is 39.5 Å². The smallest absolute Gasteiger partial charge is 0.462 e. The quantitative estimate of drug-likeness (QED) is 0.0222. The molecule has 0 bridgehead atoms. The minimum atomic E-state index is -4.96. The highest BCUT2D eigenvalue weighted by atomic mass is 31.2. The summed E-state index contributed by atoms with van der Waals surface area (Å²) in [6.07, 6.45) is 72.2. The molecule has 0 radical (unpaired) electrons. The fourth-order valence-corrected chi connectivity index (χ4v) is 14.7. The van der Waals surface area contributed by atoms with E-state index in [1.165, 1.54) is 289 Å². The first-order chi connectivity index (χ1) is 50.2. The van der Waals surface area contributed by atoms with Crippen LogP contribution in [0.15, 0.2) is 0 Å². The van der Waals surface area contributed by atoms with E-state index in [1.54, 1.807) is 0 Å². The van der Waals surface area contributed by atoms with Gasteiger partial charge in [-0.05, 0) is 25.7 Å². The number of unbranched alkanes of at least 4 members (excludes halogenated alkanes) is 59. The van der Waals surface area contributed by atoms with Crippen molar-refractivity contribution in [3.05, 3.63) is 0 Å². The Bertz CT molecular complexity index is 1950. The number of rotatable bonds is 85. The minimum Gasteiger partial charge on any atom is -0.462 e. The van der Waals surface area contributed by atoms with Crippen LogP contribution in [-0.4, -0.2) is 96.7 Å². The summed E-state index contributed by atoms with van der Waals surface area (Å²) in [5.74, 6) is -2.10. The number of hydrogen-bond acceptors (Lipinski definition) is 15. The Labute approximate surface area is 632 Å². The van der Waals surface area contributed by atoms with Crippen LogP contribution in [0.1, 0.15) is 458 Å². The summed E-state index contributed by atoms with van der Waals surface area (Å²) in [6.45, 7) is 5.04. The molecule has 17 nitrogen and oxygen atoms in total. The third-order valence-electron chi connectivity index (χ3n) is 19.9. The topological polar surface area (TPSA) is 237 Å². The Morgan fingerprint density at radius 2 is 0.388 bits per heavy atom. The van der Waals surface area contributed by atoms with Gasteiger partial charge in [0.2, 0.25) is 0 Å². The highest BCUT2D eigenvalue weighted by molar-refractivity contribution is 7.47. The number of hydrogen-bond donors (Lipinski definition) is 3. The van der Waals surface area contributed by atoms with Gasteiger partial charge in [0.05, 0.1) is 26.4 Å². The summed E-state index contributed by atoms with van der Waals surface area (Å²) < 4.78 is 68.8. The largest absolute Gasteiger partial charge is 0.472 e. The van der Waals surface area contributed by atoms with E-state index in [9.17, 15) is 43.2 Å². The van der Waals surface area contributed by atoms with Gasteiger partial charge < -0.3 is 33.8 Å². The lowest BCUT2D eigenvalue weighted by Gasteiger charge is -2.21. The Hall–Kier alpha value is -1.94. The zero-order chi connectivity index (χ0) is 75.3. The van der Waals surface area contributed by atoms with Crippen LogP contribution in [-0.2, 0) is 65.4 Å². The number of ether oxygens (including phenoxy) is 4. The number of aliphatic hydroxyl groups excluding tert-OH is 1. The maximum absolute atomic E-state index is 13.1. The number of carbonyl (C=O) groups excluding carboxylic acids is 4. The maximum Gasteiger partial charge on any atom is 0.472 e. The molecule has 0 spiro atoms. The van der Waals surface area contributed by atoms with Gasteiger partial charge in [-0.25, -0.2) is 9.13 Å². The fraction of sp³-hybridized carbons (Fsp3) is 0.952. The summed E-state index contributed by atoms with van der Waals surface area (Å²) >= 11 is 0. The second-order valence-electron chi connectivity index (χ2n) is 30.2. The molecule has 3 N–H and O–H groups in total. The van der Waals surface area contributed by atoms with Crippen molar-refractivity contribution >= 4 is 39.5 Å². The third-order valence-corrected chi connectivity index (χ3v) is 21.8. The molecule has 0 aromatic carbocycles. The second kappa shape index (κ2) is 78.2. The molecule has 0 aromatic rings. The normalized spacial score (nSPS) is 13.7. The molecule has 0 aliphatic carbocycles. The molecule has 5 atom stereocenters. The molecule has 0 aliphatic heterocycles. The van der Waals surface area contributed by atoms with Gasteiger partial charge in [0.25, 0.3) is 0 Å². The first-order valence-electron chi connectivity index (χ1n) is 43.8. The highest BCUT2D eigenvalue weighted by Crippen LogP contribution is 2.45. The summed E-state index contributed by atoms with van der Waals surface area (Å²) in [7, 11) is -9.92. The van der Waals surface area contributed by atoms with Crippen LogP contribution in [0.3, 0.4) is 0 Å². The number of carbonyl (C=O) groups is 4. The number of phosphoric ester groups is 2. The Morgan fingerprint density at radius 1 is 0.233 bits per heavy atom. The second-order valence-corrected chi connectivity index (χ2v) is 33.1. The summed E-state index contributed by atoms with van der Waals surface area (Å²) in [6, 6.07) is 0. The van der Waals surface area contributed by atoms with Crippen LogP contribution in [0.25, 0.3) is 0 Å². The van der Waals surface area contributed by atoms with Gasteiger partial charge in [0, 0.05) is 25.7 Å². The lowest BCUT2D eigenvalue weighted by molar-refractivity contribution is -0.161. The van der Waals surface area contributed by atoms with E-state index in [-0.39, 0.29) is 25.7 Å². The molecular formula is C84H164O17P2. The summed E-state index contributed by atoms with van der Waals surface area (Å²) in [5, 5.41) is 10.7. The van der Waals surface area contributed by atoms with Crippen molar-refractivity contribution in [1.82, 2.24) is 0 Å². The highest BCUT2D eigenvalue weighted by Gasteiger charge is 2.30. The van der Waals surface area contributed by atoms with Gasteiger partial charge in [-0.15, -0.1) is 0 Å². The zero-order valence-corrected chi connectivity index (χ0v) is 69.1. The van der Waals surface area contributed by atoms with Crippen molar-refractivity contribution < 1.29 is 80.2 Å². The summed E-state index contributed by atoms with van der Waals surface area (Å²) in [4.78, 5) is 73.1. The van der Waals surface area contributed by atoms with Crippen LogP contribution in [0.2, 0.25) is 0 Å². The van der Waals surface area contributed by atoms with E-state index < -0.39 is 97.5 Å². The molecular weight excluding hydrogens is 1340 g/mol. The molecule has 0 amide bonds. The standard InChI is InChI=1S/C84H164O17P2/c1-5-9-13-17-21-25-29-32-34-36-38-39-41-43-45-47-51-55-59-63-67-71-84(89)101-80(75-95-82(87)69-65-61-57-53-50-46-44-42-40-37-35-33-30-26-22-18-14-10-6-2)77-99-103(92,93)97-73-78(85)72-96-102(90,91)98-76-79(74-94-81(86)68-64-60-56-52-48-28-24-20-16-12-8-4)100-83(88)70-66-62-58-54-49-31-27-23-19-15-11-7-3/h78-80,85H,5-77H2,1-4H3,(H,90,91)(H,92,93)/t78-,79+,80+/m0/s1. The number of esters is 4. The Balaban J connectivity index is 5.21. The van der Waals surface area contributed by atoms with Gasteiger partial charge in [-0.2, -0.15) is 0 Å². The van der Waals surface area contributed by atoms with Gasteiger partial charge in [-0.1, -0.05) is 407 Å². The first-order valence-corrected chi connectivity index (χ1v) is 46.8. The number of phosphoric acid groups is 2. The van der Waals surface area contributed by atoms with Crippen molar-refractivity contribution in [2.45, 2.75) is 476 Å². The molecule has 0 heterocycles. The zero-order valence-electron chi connectivity index (χ0n) is 67.3. The SMILES string of the molecule is CCCCCCCCCCCCCCCCCCCCCCCC(=O)O[C@H](COC(=O)CCCCCCCCCCCCCCCCCCCCC)COP(=O)(O)OC[C@@H](O)COP(=O)(O)OC[C@@H](COC(=O)CCCCCCCCCCCCC)OC(=O)CCCCCCCCCCCCCC. The molecule has 2 unspecified atom stereocenters. The molecule has 0 aliphatic rings. The van der Waals surface area contributed by atoms with Crippen LogP contribution in [0.5, 0.6) is 0 Å². The lowest BCUT2D eigenvalue weighted by Crippen LogP contribution is -2.30. The predicted octanol–water partition coefficient (Wildman–Crippen LogP) is 25.7. The van der Waals surface area contributed by atoms with Crippen molar-refractivity contribution in [3.63, 3.8) is 0 Å². The van der Waals surface area contributed by atoms with E-state index in [0.717, 1.165) is 89.9 Å². The van der Waals surface area contributed by atoms with Crippen molar-refractivity contribution in [2.75, 3.05) is 39.6 Å². The van der Waals surface area contributed by atoms with Gasteiger partial charge in [0.1, 0.15) is 19.3 Å². The van der Waals surface area contributed by atoms with Crippen LogP contribution in [0, 0.1) is 0 Å². The van der Waals surface area contributed by atoms with E-state index in [1.807, 2.05) is 0 Å². The summed E-state index contributed by atoms with van der Waals surface area (Å²) in [5.41, 5.74) is 0. The average molecular weight is 1510 g/mol. The van der Waals surface area contributed by atoms with E-state index in [2.05, 4.69) is 27.7 Å². The molecule has 103 heavy (non-hydrogen) atoms. The van der Waals surface area contributed by atoms with Crippen molar-refractivity contribution in [3.8, 4) is 0 Å². The molecule has 19 heteroatoms. The molecule has 612 valence electrons. The fourth-order valence-electron chi connectivity index (χ4n) is 13.2. The molecule has 0 saturated carbocycles. The maximum atomic E-state index is 13.1. The number of aliphatic hydroxyl groups is 1. The molecule has 0 rings (SSSR count).